The van der Waals surface area contributed by atoms with Gasteiger partial charge in [-0.2, -0.15) is 0 Å². The minimum absolute atomic E-state index is 0.250. The van der Waals surface area contributed by atoms with Crippen molar-refractivity contribution in [3.63, 3.8) is 0 Å². The lowest BCUT2D eigenvalue weighted by Crippen LogP contribution is -2.06. The minimum Gasteiger partial charge on any atom is -0.483 e. The van der Waals surface area contributed by atoms with Crippen LogP contribution in [0.25, 0.3) is 0 Å². The first-order valence-corrected chi connectivity index (χ1v) is 5.13. The highest BCUT2D eigenvalue weighted by Gasteiger charge is 2.10. The van der Waals surface area contributed by atoms with Crippen molar-refractivity contribution in [1.29, 1.82) is 0 Å². The molecule has 0 bridgehead atoms. The average molecular weight is 212 g/mol. The van der Waals surface area contributed by atoms with Crippen LogP contribution < -0.4 is 0 Å². The molecule has 0 heterocycles. The molecule has 0 unspecified atom stereocenters. The van der Waals surface area contributed by atoms with Gasteiger partial charge in [0.1, 0.15) is 0 Å². The zero-order valence-electron chi connectivity index (χ0n) is 8.73. The number of carbonyl (C=O) groups is 1. The van der Waals surface area contributed by atoms with Crippen molar-refractivity contribution < 1.29 is 9.90 Å². The summed E-state index contributed by atoms with van der Waals surface area (Å²) in [6, 6.07) is 10.5. The van der Waals surface area contributed by atoms with Crippen LogP contribution in [-0.2, 0) is 4.79 Å². The van der Waals surface area contributed by atoms with Gasteiger partial charge in [0.15, 0.2) is 0 Å². The van der Waals surface area contributed by atoms with E-state index in [0.29, 0.717) is 4.75 Å². The molecule has 0 aromatic heterocycles. The highest BCUT2D eigenvalue weighted by atomic mass is 32.2. The maximum absolute atomic E-state index is 8.36. The van der Waals surface area contributed by atoms with Crippen molar-refractivity contribution in [3.8, 4) is 0 Å². The van der Waals surface area contributed by atoms with Crippen LogP contribution in [0.15, 0.2) is 35.2 Å². The summed E-state index contributed by atoms with van der Waals surface area (Å²) in [7, 11) is 0. The van der Waals surface area contributed by atoms with Gasteiger partial charge in [0, 0.05) is 9.64 Å². The monoisotopic (exact) mass is 212 g/mol. The minimum atomic E-state index is -0.250. The molecule has 1 N–H and O–H groups in total. The van der Waals surface area contributed by atoms with Gasteiger partial charge in [0.2, 0.25) is 0 Å². The third-order valence-corrected chi connectivity index (χ3v) is 2.29. The summed E-state index contributed by atoms with van der Waals surface area (Å²) in [6.07, 6.45) is 0. The Bertz CT molecular complexity index is 252. The molecular formula is C11H16O2S. The molecular weight excluding hydrogens is 196 g/mol. The average Bonchev–Trinajstić information content (AvgIpc) is 2.04. The Morgan fingerprint density at radius 3 is 2.00 bits per heavy atom. The molecule has 0 aliphatic rings. The van der Waals surface area contributed by atoms with Crippen LogP contribution >= 0.6 is 11.8 Å². The van der Waals surface area contributed by atoms with Crippen molar-refractivity contribution in [2.75, 3.05) is 0 Å². The third-order valence-electron chi connectivity index (χ3n) is 1.17. The molecule has 0 fully saturated rings. The van der Waals surface area contributed by atoms with Gasteiger partial charge in [-0.05, 0) is 12.1 Å². The van der Waals surface area contributed by atoms with Gasteiger partial charge in [-0.25, -0.2) is 0 Å². The van der Waals surface area contributed by atoms with Gasteiger partial charge >= 0.3 is 0 Å². The van der Waals surface area contributed by atoms with Crippen LogP contribution in [0.5, 0.6) is 0 Å². The standard InChI is InChI=1S/C10H14S.CH2O2/c1-10(2,3)11-9-7-5-4-6-8-9;2-1-3/h4-8H,1-3H3;1H,(H,2,3). The Morgan fingerprint density at radius 2 is 1.64 bits per heavy atom. The van der Waals surface area contributed by atoms with Crippen LogP contribution in [0, 0.1) is 0 Å². The van der Waals surface area contributed by atoms with Gasteiger partial charge in [-0.15, -0.1) is 11.8 Å². The molecule has 14 heavy (non-hydrogen) atoms. The van der Waals surface area contributed by atoms with E-state index in [9.17, 15) is 0 Å². The Labute approximate surface area is 89.3 Å². The van der Waals surface area contributed by atoms with E-state index < -0.39 is 0 Å². The van der Waals surface area contributed by atoms with E-state index in [-0.39, 0.29) is 6.47 Å². The van der Waals surface area contributed by atoms with E-state index in [1.165, 1.54) is 4.90 Å². The Morgan fingerprint density at radius 1 is 1.21 bits per heavy atom. The summed E-state index contributed by atoms with van der Waals surface area (Å²) in [5.41, 5.74) is 0. The molecule has 1 aromatic rings. The Balaban J connectivity index is 0.000000500. The molecule has 3 heteroatoms. The molecule has 2 nitrogen and oxygen atoms in total. The molecule has 0 aliphatic carbocycles. The van der Waals surface area contributed by atoms with Crippen LogP contribution in [-0.4, -0.2) is 16.3 Å². The van der Waals surface area contributed by atoms with Gasteiger partial charge in [-0.1, -0.05) is 39.0 Å². The predicted octanol–water partition coefficient (Wildman–Crippen LogP) is 3.28. The smallest absolute Gasteiger partial charge is 0.290 e. The molecule has 0 amide bonds. The van der Waals surface area contributed by atoms with Gasteiger partial charge in [0.25, 0.3) is 6.47 Å². The molecule has 0 atom stereocenters. The van der Waals surface area contributed by atoms with Crippen molar-refractivity contribution >= 4 is 18.2 Å². The summed E-state index contributed by atoms with van der Waals surface area (Å²) in [5.74, 6) is 0. The summed E-state index contributed by atoms with van der Waals surface area (Å²) < 4.78 is 0.321. The summed E-state index contributed by atoms with van der Waals surface area (Å²) in [4.78, 5) is 9.71. The Kier molecular flexibility index (Phi) is 6.04. The number of rotatable bonds is 1. The van der Waals surface area contributed by atoms with E-state index in [1.807, 2.05) is 17.8 Å². The quantitative estimate of drug-likeness (QED) is 0.573. The summed E-state index contributed by atoms with van der Waals surface area (Å²) >= 11 is 1.90. The first-order valence-electron chi connectivity index (χ1n) is 4.31. The predicted molar refractivity (Wildman–Crippen MR) is 60.7 cm³/mol. The normalized spacial score (nSPS) is 9.93. The fourth-order valence-corrected chi connectivity index (χ4v) is 1.84. The van der Waals surface area contributed by atoms with E-state index in [4.69, 9.17) is 9.90 Å². The molecule has 0 spiro atoms. The SMILES string of the molecule is CC(C)(C)Sc1ccccc1.O=CO. The van der Waals surface area contributed by atoms with Gasteiger partial charge in [-0.3, -0.25) is 4.79 Å². The van der Waals surface area contributed by atoms with Crippen molar-refractivity contribution in [3.05, 3.63) is 30.3 Å². The largest absolute Gasteiger partial charge is 0.483 e. The van der Waals surface area contributed by atoms with Gasteiger partial charge in [0.05, 0.1) is 0 Å². The lowest BCUT2D eigenvalue weighted by molar-refractivity contribution is -0.122. The molecule has 78 valence electrons. The Hall–Kier alpha value is -0.960. The van der Waals surface area contributed by atoms with Crippen molar-refractivity contribution in [2.45, 2.75) is 30.4 Å². The zero-order valence-corrected chi connectivity index (χ0v) is 9.54. The van der Waals surface area contributed by atoms with E-state index in [1.54, 1.807) is 0 Å². The number of carboxylic acid groups (broad SMARTS) is 1. The molecule has 0 aliphatic heterocycles. The first kappa shape index (κ1) is 13.0. The highest BCUT2D eigenvalue weighted by molar-refractivity contribution is 8.00. The second kappa shape index (κ2) is 6.49. The van der Waals surface area contributed by atoms with Crippen molar-refractivity contribution in [1.82, 2.24) is 0 Å². The summed E-state index contributed by atoms with van der Waals surface area (Å²) in [6.45, 7) is 6.43. The lowest BCUT2D eigenvalue weighted by Gasteiger charge is -2.16. The summed E-state index contributed by atoms with van der Waals surface area (Å²) in [5, 5.41) is 6.89. The van der Waals surface area contributed by atoms with Crippen LogP contribution in [0.1, 0.15) is 20.8 Å². The molecule has 1 aromatic carbocycles. The number of hydrogen-bond donors (Lipinski definition) is 1. The van der Waals surface area contributed by atoms with Crippen molar-refractivity contribution in [2.24, 2.45) is 0 Å². The fourth-order valence-electron chi connectivity index (χ4n) is 0.842. The molecule has 0 radical (unpaired) electrons. The van der Waals surface area contributed by atoms with Crippen LogP contribution in [0.3, 0.4) is 0 Å². The van der Waals surface area contributed by atoms with Crippen LogP contribution in [0.2, 0.25) is 0 Å². The first-order chi connectivity index (χ1) is 6.49. The van der Waals surface area contributed by atoms with E-state index >= 15 is 0 Å². The number of thioether (sulfide) groups is 1. The lowest BCUT2D eigenvalue weighted by atomic mass is 10.3. The zero-order chi connectivity index (χ0) is 11.0. The van der Waals surface area contributed by atoms with Gasteiger partial charge < -0.3 is 5.11 Å². The molecule has 0 saturated carbocycles. The second-order valence-corrected chi connectivity index (χ2v) is 5.53. The topological polar surface area (TPSA) is 37.3 Å². The highest BCUT2D eigenvalue weighted by Crippen LogP contribution is 2.30. The number of hydrogen-bond acceptors (Lipinski definition) is 2. The fraction of sp³-hybridized carbons (Fsp3) is 0.364. The second-order valence-electron chi connectivity index (χ2n) is 3.63. The van der Waals surface area contributed by atoms with Crippen LogP contribution in [0.4, 0.5) is 0 Å². The van der Waals surface area contributed by atoms with E-state index in [2.05, 4.69) is 45.0 Å². The number of benzene rings is 1. The molecule has 1 rings (SSSR count). The van der Waals surface area contributed by atoms with E-state index in [0.717, 1.165) is 0 Å². The maximum atomic E-state index is 8.36. The molecule has 0 saturated heterocycles. The third kappa shape index (κ3) is 7.68. The maximum Gasteiger partial charge on any atom is 0.290 e.